The third kappa shape index (κ3) is 12.2. The Morgan fingerprint density at radius 1 is 0.676 bits per heavy atom. The van der Waals surface area contributed by atoms with Gasteiger partial charge >= 0.3 is 11.9 Å². The summed E-state index contributed by atoms with van der Waals surface area (Å²) in [6.07, 6.45) is -0.855. The summed E-state index contributed by atoms with van der Waals surface area (Å²) in [6.45, 7) is 6.05. The molecule has 9 rings (SSSR count). The molecule has 0 aliphatic carbocycles. The lowest BCUT2D eigenvalue weighted by Crippen LogP contribution is -2.54. The summed E-state index contributed by atoms with van der Waals surface area (Å²) in [5, 5.41) is 17.2. The molecule has 2 aliphatic heterocycles. The van der Waals surface area contributed by atoms with E-state index >= 15 is 0 Å². The number of nitrogens with two attached hydrogens (primary N) is 1. The molecule has 18 heteroatoms. The standard InChI is InChI=1S/C33H34N4O6.2C10H8O3S/c1-20(2)42-32(38)27-21(3)35-31(34)29(28(27)24-15-10-16-25(17-24)37(40)41)33(39)43-26-18-36(19-26)30(22-11-6-4-7-12-22)23-13-8-5-9-14-23;2*11-14(12,13)10-7-3-5-8-4-1-2-6-9(8)10/h4-17,20,26,28,30,35H,18-19,34H2,1-3H3;2*1-7H,(H,11,12,13). The third-order valence-electron chi connectivity index (χ3n) is 11.6. The predicted octanol–water partition coefficient (Wildman–Crippen LogP) is 8.87. The molecule has 366 valence electrons. The van der Waals surface area contributed by atoms with Gasteiger partial charge in [-0.3, -0.25) is 24.1 Å². The van der Waals surface area contributed by atoms with Crippen LogP contribution in [0.2, 0.25) is 0 Å². The van der Waals surface area contributed by atoms with Crippen molar-refractivity contribution in [2.45, 2.75) is 54.7 Å². The molecule has 0 saturated carbocycles. The lowest BCUT2D eigenvalue weighted by molar-refractivity contribution is -0.384. The van der Waals surface area contributed by atoms with Crippen molar-refractivity contribution in [1.29, 1.82) is 0 Å². The summed E-state index contributed by atoms with van der Waals surface area (Å²) in [7, 11) is -8.26. The van der Waals surface area contributed by atoms with Gasteiger partial charge < -0.3 is 20.5 Å². The van der Waals surface area contributed by atoms with Gasteiger partial charge in [-0.25, -0.2) is 9.59 Å². The molecule has 7 aromatic carbocycles. The molecule has 0 bridgehead atoms. The molecule has 0 amide bonds. The zero-order valence-electron chi connectivity index (χ0n) is 38.7. The smallest absolute Gasteiger partial charge is 0.339 e. The molecule has 5 N–H and O–H groups in total. The van der Waals surface area contributed by atoms with Crippen LogP contribution in [0.3, 0.4) is 0 Å². The normalized spacial score (nSPS) is 15.2. The average molecular weight is 999 g/mol. The molecule has 1 unspecified atom stereocenters. The Hall–Kier alpha value is -7.74. The minimum absolute atomic E-state index is 0.00271. The van der Waals surface area contributed by atoms with E-state index in [0.29, 0.717) is 35.1 Å². The first-order valence-corrected chi connectivity index (χ1v) is 25.1. The zero-order chi connectivity index (χ0) is 51.0. The molecule has 1 saturated heterocycles. The number of nitro benzene ring substituents is 1. The number of benzene rings is 7. The number of likely N-dealkylation sites (tertiary alicyclic amines) is 1. The van der Waals surface area contributed by atoms with E-state index in [-0.39, 0.29) is 38.5 Å². The molecule has 0 spiro atoms. The number of fused-ring (bicyclic) bond motifs is 2. The maximum absolute atomic E-state index is 13.8. The molecule has 0 radical (unpaired) electrons. The Morgan fingerprint density at radius 2 is 1.14 bits per heavy atom. The topological polar surface area (TPSA) is 246 Å². The van der Waals surface area contributed by atoms with E-state index in [9.17, 15) is 36.5 Å². The molecule has 1 atom stereocenters. The highest BCUT2D eigenvalue weighted by Gasteiger charge is 2.42. The Morgan fingerprint density at radius 3 is 1.62 bits per heavy atom. The van der Waals surface area contributed by atoms with E-state index in [2.05, 4.69) is 34.5 Å². The number of ether oxygens (including phenoxy) is 2. The Labute approximate surface area is 410 Å². The molecular formula is C53H50N4O12S2. The molecule has 2 heterocycles. The van der Waals surface area contributed by atoms with Gasteiger partial charge in [-0.15, -0.1) is 0 Å². The SMILES string of the molecule is CC1=C(C(=O)OC(C)C)C(c2cccc([N+](=O)[O-])c2)C(C(=O)OC2CN(C(c3ccccc3)c3ccccc3)C2)=C(N)N1.O=S(=O)(O)c1cccc2ccccc12.O=S(=O)(O)c1cccc2ccccc12. The summed E-state index contributed by atoms with van der Waals surface area (Å²) >= 11 is 0. The number of hydrogen-bond donors (Lipinski definition) is 4. The average Bonchev–Trinajstić information content (AvgIpc) is 3.33. The highest BCUT2D eigenvalue weighted by atomic mass is 32.2. The maximum Gasteiger partial charge on any atom is 0.339 e. The second kappa shape index (κ2) is 21.9. The Bertz CT molecular complexity index is 3240. The van der Waals surface area contributed by atoms with Crippen LogP contribution in [-0.2, 0) is 39.3 Å². The lowest BCUT2D eigenvalue weighted by atomic mass is 9.81. The summed E-state index contributed by atoms with van der Waals surface area (Å²) < 4.78 is 73.4. The molecule has 2 aliphatic rings. The Balaban J connectivity index is 0.000000212. The van der Waals surface area contributed by atoms with Crippen LogP contribution < -0.4 is 11.1 Å². The van der Waals surface area contributed by atoms with Gasteiger partial charge in [-0.1, -0.05) is 146 Å². The highest BCUT2D eigenvalue weighted by molar-refractivity contribution is 7.86. The van der Waals surface area contributed by atoms with Crippen molar-refractivity contribution in [3.63, 3.8) is 0 Å². The van der Waals surface area contributed by atoms with Crippen molar-refractivity contribution in [1.82, 2.24) is 10.2 Å². The largest absolute Gasteiger partial charge is 0.460 e. The fraction of sp³-hybridized carbons (Fsp3) is 0.170. The van der Waals surface area contributed by atoms with Gasteiger partial charge in [0, 0.05) is 41.7 Å². The van der Waals surface area contributed by atoms with Gasteiger partial charge in [0.2, 0.25) is 0 Å². The summed E-state index contributed by atoms with van der Waals surface area (Å²) in [6, 6.07) is 49.6. The maximum atomic E-state index is 13.8. The Kier molecular flexibility index (Phi) is 15.8. The number of nitro groups is 1. The number of carbonyl (C=O) groups excluding carboxylic acids is 2. The van der Waals surface area contributed by atoms with Crippen molar-refractivity contribution in [2.75, 3.05) is 13.1 Å². The van der Waals surface area contributed by atoms with Crippen LogP contribution in [0.4, 0.5) is 5.69 Å². The third-order valence-corrected chi connectivity index (χ3v) is 13.4. The van der Waals surface area contributed by atoms with E-state index in [1.54, 1.807) is 87.5 Å². The van der Waals surface area contributed by atoms with E-state index in [0.717, 1.165) is 21.9 Å². The van der Waals surface area contributed by atoms with Crippen LogP contribution in [0, 0.1) is 10.1 Å². The number of esters is 2. The van der Waals surface area contributed by atoms with E-state index in [1.807, 2.05) is 48.5 Å². The van der Waals surface area contributed by atoms with Crippen LogP contribution in [0.5, 0.6) is 0 Å². The molecule has 0 aromatic heterocycles. The van der Waals surface area contributed by atoms with Crippen LogP contribution >= 0.6 is 0 Å². The van der Waals surface area contributed by atoms with Crippen molar-refractivity contribution < 1.29 is 49.9 Å². The number of allylic oxidation sites excluding steroid dienone is 1. The van der Waals surface area contributed by atoms with Gasteiger partial charge in [0.1, 0.15) is 21.7 Å². The van der Waals surface area contributed by atoms with Gasteiger partial charge in [-0.05, 0) is 60.4 Å². The van der Waals surface area contributed by atoms with Gasteiger partial charge in [0.15, 0.2) is 0 Å². The first-order valence-electron chi connectivity index (χ1n) is 22.2. The molecule has 16 nitrogen and oxygen atoms in total. The fourth-order valence-corrected chi connectivity index (χ4v) is 9.91. The van der Waals surface area contributed by atoms with Crippen molar-refractivity contribution in [3.05, 3.63) is 219 Å². The predicted molar refractivity (Wildman–Crippen MR) is 268 cm³/mol. The first-order chi connectivity index (χ1) is 33.8. The van der Waals surface area contributed by atoms with E-state index in [4.69, 9.17) is 24.3 Å². The van der Waals surface area contributed by atoms with Gasteiger partial charge in [-0.2, -0.15) is 16.8 Å². The second-order valence-electron chi connectivity index (χ2n) is 16.8. The van der Waals surface area contributed by atoms with Crippen LogP contribution in [0.1, 0.15) is 49.4 Å². The summed E-state index contributed by atoms with van der Waals surface area (Å²) in [5.74, 6) is -2.37. The molecule has 71 heavy (non-hydrogen) atoms. The zero-order valence-corrected chi connectivity index (χ0v) is 40.3. The van der Waals surface area contributed by atoms with Gasteiger partial charge in [0.05, 0.1) is 34.1 Å². The summed E-state index contributed by atoms with van der Waals surface area (Å²) in [4.78, 5) is 40.3. The number of hydrogen-bond acceptors (Lipinski definition) is 13. The number of nitrogens with zero attached hydrogens (tertiary/aromatic N) is 2. The lowest BCUT2D eigenvalue weighted by Gasteiger charge is -2.44. The number of dihydropyridines is 1. The summed E-state index contributed by atoms with van der Waals surface area (Å²) in [5.41, 5.74) is 9.31. The van der Waals surface area contributed by atoms with E-state index < -0.39 is 55.2 Å². The van der Waals surface area contributed by atoms with Crippen LogP contribution in [0.15, 0.2) is 202 Å². The minimum Gasteiger partial charge on any atom is -0.460 e. The fourth-order valence-electron chi connectivity index (χ4n) is 8.48. The highest BCUT2D eigenvalue weighted by Crippen LogP contribution is 2.41. The number of rotatable bonds is 11. The molecule has 1 fully saturated rings. The molecule has 7 aromatic rings. The quantitative estimate of drug-likeness (QED) is 0.0409. The van der Waals surface area contributed by atoms with Crippen LogP contribution in [0.25, 0.3) is 21.5 Å². The van der Waals surface area contributed by atoms with Crippen molar-refractivity contribution in [3.8, 4) is 0 Å². The minimum atomic E-state index is -4.13. The number of carbonyl (C=O) groups is 2. The van der Waals surface area contributed by atoms with E-state index in [1.165, 1.54) is 30.3 Å². The number of nitrogens with one attached hydrogen (secondary N) is 1. The van der Waals surface area contributed by atoms with Crippen molar-refractivity contribution >= 4 is 59.4 Å². The van der Waals surface area contributed by atoms with Gasteiger partial charge in [0.25, 0.3) is 25.9 Å². The van der Waals surface area contributed by atoms with Crippen LogP contribution in [-0.4, -0.2) is 73.0 Å². The number of non-ortho nitro benzene ring substituents is 1. The van der Waals surface area contributed by atoms with Crippen molar-refractivity contribution in [2.24, 2.45) is 5.73 Å². The molecular weight excluding hydrogens is 949 g/mol. The second-order valence-corrected chi connectivity index (χ2v) is 19.6. The monoisotopic (exact) mass is 998 g/mol. The first kappa shape index (κ1) is 51.1.